The van der Waals surface area contributed by atoms with E-state index in [0.717, 1.165) is 49.7 Å². The molecule has 29 heavy (non-hydrogen) atoms. The number of ether oxygens (including phenoxy) is 2. The number of anilines is 1. The normalized spacial score (nSPS) is 15.6. The Morgan fingerprint density at radius 3 is 2.21 bits per heavy atom. The lowest BCUT2D eigenvalue weighted by atomic mass is 10.2. The molecule has 160 valence electrons. The second-order valence-electron chi connectivity index (χ2n) is 6.65. The van der Waals surface area contributed by atoms with Gasteiger partial charge in [0.1, 0.15) is 18.5 Å². The van der Waals surface area contributed by atoms with Crippen molar-refractivity contribution in [2.45, 2.75) is 6.10 Å². The minimum atomic E-state index is -0.838. The first kappa shape index (κ1) is 23.7. The summed E-state index contributed by atoms with van der Waals surface area (Å²) in [6.07, 6.45) is -0.838. The lowest BCUT2D eigenvalue weighted by molar-refractivity contribution is 0.0634. The van der Waals surface area contributed by atoms with E-state index in [1.807, 2.05) is 24.3 Å². The smallest absolute Gasteiger partial charge is 0.190 e. The molecule has 0 amide bonds. The zero-order chi connectivity index (χ0) is 20.1. The van der Waals surface area contributed by atoms with Gasteiger partial charge < -0.3 is 19.5 Å². The summed E-state index contributed by atoms with van der Waals surface area (Å²) in [5.74, 6) is -1.24. The Morgan fingerprint density at radius 2 is 1.66 bits per heavy atom. The highest BCUT2D eigenvalue weighted by atomic mass is 79.9. The summed E-state index contributed by atoms with van der Waals surface area (Å²) < 4.78 is 38.2. The fraction of sp³-hybridized carbons (Fsp3) is 0.400. The number of piperazine rings is 1. The number of β-amino-alcohol motifs (C(OH)–C–C–N with tert-alkyl or cyclic N) is 1. The van der Waals surface area contributed by atoms with Crippen LogP contribution in [-0.4, -0.2) is 62.6 Å². The Morgan fingerprint density at radius 1 is 1.07 bits per heavy atom. The molecule has 3 rings (SSSR count). The first-order valence-electron chi connectivity index (χ1n) is 9.03. The van der Waals surface area contributed by atoms with Crippen LogP contribution < -0.4 is 14.4 Å². The molecule has 0 spiro atoms. The number of nitrogens with zero attached hydrogens (tertiary/aromatic N) is 2. The zero-order valence-electron chi connectivity index (χ0n) is 16.0. The van der Waals surface area contributed by atoms with Gasteiger partial charge >= 0.3 is 0 Å². The second-order valence-corrected chi connectivity index (χ2v) is 7.56. The molecule has 0 radical (unpaired) electrons. The van der Waals surface area contributed by atoms with Crippen molar-refractivity contribution >= 4 is 34.0 Å². The molecule has 5 nitrogen and oxygen atoms in total. The molecule has 2 aromatic carbocycles. The van der Waals surface area contributed by atoms with E-state index in [-0.39, 0.29) is 19.0 Å². The maximum absolute atomic E-state index is 13.8. The largest absolute Gasteiger partial charge is 0.497 e. The SMILES string of the molecule is COc1ccc(N2CCN(CC(O)COc3c(F)cc(Br)cc3F)CC2)cc1.Cl. The number of benzene rings is 2. The van der Waals surface area contributed by atoms with E-state index in [1.54, 1.807) is 7.11 Å². The predicted octanol–water partition coefficient (Wildman–Crippen LogP) is 3.72. The third-order valence-corrected chi connectivity index (χ3v) is 5.12. The Hall–Kier alpha value is -1.61. The third-order valence-electron chi connectivity index (χ3n) is 4.66. The minimum Gasteiger partial charge on any atom is -0.497 e. The maximum Gasteiger partial charge on any atom is 0.190 e. The molecule has 9 heteroatoms. The molecule has 1 fully saturated rings. The van der Waals surface area contributed by atoms with E-state index in [2.05, 4.69) is 25.7 Å². The highest BCUT2D eigenvalue weighted by molar-refractivity contribution is 9.10. The molecular formula is C20H24BrClF2N2O3. The summed E-state index contributed by atoms with van der Waals surface area (Å²) >= 11 is 3.02. The Balaban J connectivity index is 0.00000300. The van der Waals surface area contributed by atoms with Gasteiger partial charge in [-0.05, 0) is 36.4 Å². The predicted molar refractivity (Wildman–Crippen MR) is 114 cm³/mol. The number of aliphatic hydroxyl groups is 1. The average molecular weight is 494 g/mol. The number of rotatable bonds is 7. The molecular weight excluding hydrogens is 470 g/mol. The van der Waals surface area contributed by atoms with Gasteiger partial charge in [0, 0.05) is 42.9 Å². The molecule has 1 unspecified atom stereocenters. The van der Waals surface area contributed by atoms with E-state index in [1.165, 1.54) is 0 Å². The zero-order valence-corrected chi connectivity index (χ0v) is 18.4. The molecule has 0 aliphatic carbocycles. The van der Waals surface area contributed by atoms with Gasteiger partial charge in [-0.1, -0.05) is 15.9 Å². The highest BCUT2D eigenvalue weighted by Crippen LogP contribution is 2.26. The van der Waals surface area contributed by atoms with Crippen LogP contribution in [0.5, 0.6) is 11.5 Å². The van der Waals surface area contributed by atoms with Gasteiger partial charge in [-0.25, -0.2) is 8.78 Å². The summed E-state index contributed by atoms with van der Waals surface area (Å²) in [4.78, 5) is 4.38. The lowest BCUT2D eigenvalue weighted by Gasteiger charge is -2.36. The fourth-order valence-electron chi connectivity index (χ4n) is 3.18. The van der Waals surface area contributed by atoms with E-state index < -0.39 is 23.5 Å². The monoisotopic (exact) mass is 492 g/mol. The quantitative estimate of drug-likeness (QED) is 0.637. The van der Waals surface area contributed by atoms with Crippen molar-refractivity contribution in [2.75, 3.05) is 51.3 Å². The molecule has 1 aliphatic rings. The van der Waals surface area contributed by atoms with Gasteiger partial charge in [-0.15, -0.1) is 12.4 Å². The van der Waals surface area contributed by atoms with Crippen molar-refractivity contribution < 1.29 is 23.4 Å². The Bertz CT molecular complexity index is 767. The van der Waals surface area contributed by atoms with Crippen LogP contribution in [-0.2, 0) is 0 Å². The molecule has 2 aromatic rings. The van der Waals surface area contributed by atoms with Gasteiger partial charge in [0.2, 0.25) is 0 Å². The van der Waals surface area contributed by atoms with Crippen LogP contribution in [0, 0.1) is 11.6 Å². The summed E-state index contributed by atoms with van der Waals surface area (Å²) in [5.41, 5.74) is 1.13. The molecule has 1 saturated heterocycles. The highest BCUT2D eigenvalue weighted by Gasteiger charge is 2.21. The Kier molecular flexibility index (Phi) is 8.95. The van der Waals surface area contributed by atoms with Crippen molar-refractivity contribution in [3.05, 3.63) is 52.5 Å². The molecule has 0 bridgehead atoms. The standard InChI is InChI=1S/C20H23BrF2N2O3.ClH/c1-27-17-4-2-15(3-5-17)25-8-6-24(7-9-25)12-16(26)13-28-20-18(22)10-14(21)11-19(20)23;/h2-5,10-11,16,26H,6-9,12-13H2,1H3;1H. The van der Waals surface area contributed by atoms with Crippen molar-refractivity contribution in [3.63, 3.8) is 0 Å². The average Bonchev–Trinajstić information content (AvgIpc) is 2.68. The van der Waals surface area contributed by atoms with Gasteiger partial charge in [0.05, 0.1) is 7.11 Å². The number of aliphatic hydroxyl groups excluding tert-OH is 1. The number of hydrogen-bond donors (Lipinski definition) is 1. The Labute approximate surface area is 183 Å². The van der Waals surface area contributed by atoms with Gasteiger partial charge in [0.25, 0.3) is 0 Å². The minimum absolute atomic E-state index is 0. The third kappa shape index (κ3) is 6.44. The van der Waals surface area contributed by atoms with Crippen molar-refractivity contribution in [3.8, 4) is 11.5 Å². The van der Waals surface area contributed by atoms with Gasteiger partial charge in [-0.3, -0.25) is 4.90 Å². The number of methoxy groups -OCH3 is 1. The van der Waals surface area contributed by atoms with Crippen LogP contribution in [0.25, 0.3) is 0 Å². The van der Waals surface area contributed by atoms with Crippen LogP contribution in [0.1, 0.15) is 0 Å². The van der Waals surface area contributed by atoms with E-state index in [9.17, 15) is 13.9 Å². The molecule has 1 aliphatic heterocycles. The molecule has 0 saturated carbocycles. The second kappa shape index (κ2) is 11.0. The van der Waals surface area contributed by atoms with Crippen LogP contribution in [0.2, 0.25) is 0 Å². The maximum atomic E-state index is 13.8. The molecule has 0 aromatic heterocycles. The molecule has 1 N–H and O–H groups in total. The summed E-state index contributed by atoms with van der Waals surface area (Å²) in [6, 6.07) is 10.2. The van der Waals surface area contributed by atoms with E-state index >= 15 is 0 Å². The van der Waals surface area contributed by atoms with Crippen molar-refractivity contribution in [1.82, 2.24) is 4.90 Å². The van der Waals surface area contributed by atoms with Gasteiger partial charge in [-0.2, -0.15) is 0 Å². The fourth-order valence-corrected chi connectivity index (χ4v) is 3.58. The summed E-state index contributed by atoms with van der Waals surface area (Å²) in [6.45, 7) is 3.43. The number of hydrogen-bond acceptors (Lipinski definition) is 5. The number of halogens is 4. The first-order valence-corrected chi connectivity index (χ1v) is 9.82. The van der Waals surface area contributed by atoms with Crippen LogP contribution in [0.4, 0.5) is 14.5 Å². The first-order chi connectivity index (χ1) is 13.5. The molecule has 1 heterocycles. The van der Waals surface area contributed by atoms with Crippen molar-refractivity contribution in [2.24, 2.45) is 0 Å². The molecule has 1 atom stereocenters. The summed E-state index contributed by atoms with van der Waals surface area (Å²) in [7, 11) is 1.64. The van der Waals surface area contributed by atoms with Gasteiger partial charge in [0.15, 0.2) is 17.4 Å². The van der Waals surface area contributed by atoms with E-state index in [4.69, 9.17) is 9.47 Å². The van der Waals surface area contributed by atoms with Crippen LogP contribution in [0.15, 0.2) is 40.9 Å². The summed E-state index contributed by atoms with van der Waals surface area (Å²) in [5, 5.41) is 10.2. The van der Waals surface area contributed by atoms with Crippen LogP contribution in [0.3, 0.4) is 0 Å². The topological polar surface area (TPSA) is 45.2 Å². The van der Waals surface area contributed by atoms with E-state index in [0.29, 0.717) is 11.0 Å². The van der Waals surface area contributed by atoms with Crippen LogP contribution >= 0.6 is 28.3 Å². The van der Waals surface area contributed by atoms with Crippen molar-refractivity contribution in [1.29, 1.82) is 0 Å². The lowest BCUT2D eigenvalue weighted by Crippen LogP contribution is -2.49.